The highest BCUT2D eigenvalue weighted by atomic mass is 32.1. The zero-order valence-corrected chi connectivity index (χ0v) is 18.0. The molecule has 5 heteroatoms. The van der Waals surface area contributed by atoms with Crippen LogP contribution in [0.2, 0.25) is 0 Å². The minimum atomic E-state index is -0.153. The number of thiocarbonyl (C=S) groups is 1. The van der Waals surface area contributed by atoms with Gasteiger partial charge < -0.3 is 20.0 Å². The Morgan fingerprint density at radius 3 is 1.88 bits per heavy atom. The summed E-state index contributed by atoms with van der Waals surface area (Å²) in [5.74, 6) is 0.397. The number of rotatable bonds is 3. The van der Waals surface area contributed by atoms with Gasteiger partial charge in [0.1, 0.15) is 17.3 Å². The number of quaternary nitrogens is 1. The van der Waals surface area contributed by atoms with Crippen molar-refractivity contribution in [2.45, 2.75) is 52.4 Å². The molecule has 4 nitrogen and oxygen atoms in total. The van der Waals surface area contributed by atoms with E-state index in [1.54, 1.807) is 0 Å². The summed E-state index contributed by atoms with van der Waals surface area (Å²) in [5.41, 5.74) is 2.62. The Balaban J connectivity index is 2.35. The molecule has 0 spiro atoms. The Bertz CT molecular complexity index is 616. The standard InChI is InChI=1S/C21H34N2O2S/c1-20(2,3)16-13-15(14-17(18(16)25)21(4,5)6)19(26)23-9-7-22(8-10-23)11-12-24/h13-14,24-25H,7-12H2,1-6H3/p+1. The highest BCUT2D eigenvalue weighted by Crippen LogP contribution is 2.40. The zero-order valence-electron chi connectivity index (χ0n) is 17.1. The van der Waals surface area contributed by atoms with Crippen molar-refractivity contribution in [3.63, 3.8) is 0 Å². The molecule has 3 N–H and O–H groups in total. The third kappa shape index (κ3) is 4.76. The highest BCUT2D eigenvalue weighted by molar-refractivity contribution is 7.80. The molecule has 0 saturated carbocycles. The van der Waals surface area contributed by atoms with Crippen LogP contribution in [-0.2, 0) is 10.8 Å². The molecular formula is C21H35N2O2S+. The maximum atomic E-state index is 10.9. The Morgan fingerprint density at radius 1 is 1.04 bits per heavy atom. The van der Waals surface area contributed by atoms with Crippen molar-refractivity contribution in [2.24, 2.45) is 0 Å². The first-order valence-corrected chi connectivity index (χ1v) is 9.97. The van der Waals surface area contributed by atoms with Crippen LogP contribution in [0.15, 0.2) is 12.1 Å². The summed E-state index contributed by atoms with van der Waals surface area (Å²) >= 11 is 5.84. The summed E-state index contributed by atoms with van der Waals surface area (Å²) in [5, 5.41) is 20.0. The van der Waals surface area contributed by atoms with Gasteiger partial charge in [-0.05, 0) is 23.0 Å². The smallest absolute Gasteiger partial charge is 0.123 e. The molecule has 1 heterocycles. The number of piperazine rings is 1. The predicted octanol–water partition coefficient (Wildman–Crippen LogP) is 1.86. The first-order chi connectivity index (χ1) is 11.9. The summed E-state index contributed by atoms with van der Waals surface area (Å²) in [6, 6.07) is 4.14. The predicted molar refractivity (Wildman–Crippen MR) is 111 cm³/mol. The molecule has 0 bridgehead atoms. The van der Waals surface area contributed by atoms with Crippen molar-refractivity contribution in [1.29, 1.82) is 0 Å². The van der Waals surface area contributed by atoms with Crippen molar-refractivity contribution in [3.8, 4) is 5.75 Å². The van der Waals surface area contributed by atoms with Crippen molar-refractivity contribution in [3.05, 3.63) is 28.8 Å². The van der Waals surface area contributed by atoms with Gasteiger partial charge in [0.15, 0.2) is 0 Å². The Hall–Kier alpha value is -1.17. The van der Waals surface area contributed by atoms with Gasteiger partial charge in [0, 0.05) is 16.7 Å². The molecular weight excluding hydrogens is 344 g/mol. The molecule has 146 valence electrons. The number of aliphatic hydroxyl groups is 1. The van der Waals surface area contributed by atoms with Crippen molar-refractivity contribution in [1.82, 2.24) is 4.90 Å². The number of phenols is 1. The molecule has 0 amide bonds. The molecule has 0 aliphatic carbocycles. The number of hydrogen-bond donors (Lipinski definition) is 3. The zero-order chi connectivity index (χ0) is 19.7. The molecule has 26 heavy (non-hydrogen) atoms. The lowest BCUT2D eigenvalue weighted by Gasteiger charge is -2.34. The van der Waals surface area contributed by atoms with Gasteiger partial charge >= 0.3 is 0 Å². The SMILES string of the molecule is CC(C)(C)c1cc(C(=S)N2CC[NH+](CCO)CC2)cc(C(C)(C)C)c1O. The molecule has 1 aromatic rings. The number of phenolic OH excluding ortho intramolecular Hbond substituents is 1. The van der Waals surface area contributed by atoms with Gasteiger partial charge in [0.05, 0.1) is 32.8 Å². The van der Waals surface area contributed by atoms with Crippen LogP contribution in [-0.4, -0.2) is 59.4 Å². The van der Waals surface area contributed by atoms with Crippen molar-refractivity contribution in [2.75, 3.05) is 39.3 Å². The van der Waals surface area contributed by atoms with Gasteiger partial charge in [-0.25, -0.2) is 0 Å². The van der Waals surface area contributed by atoms with Crippen molar-refractivity contribution >= 4 is 17.2 Å². The van der Waals surface area contributed by atoms with Gasteiger partial charge in [-0.2, -0.15) is 0 Å². The van der Waals surface area contributed by atoms with Crippen LogP contribution in [0, 0.1) is 0 Å². The van der Waals surface area contributed by atoms with Gasteiger partial charge in [-0.1, -0.05) is 53.8 Å². The third-order valence-corrected chi connectivity index (χ3v) is 5.69. The fourth-order valence-electron chi connectivity index (χ4n) is 3.52. The Kier molecular flexibility index (Phi) is 6.36. The van der Waals surface area contributed by atoms with Crippen LogP contribution >= 0.6 is 12.2 Å². The summed E-state index contributed by atoms with van der Waals surface area (Å²) in [7, 11) is 0. The van der Waals surface area contributed by atoms with Crippen LogP contribution in [0.1, 0.15) is 58.2 Å². The van der Waals surface area contributed by atoms with Crippen LogP contribution in [0.3, 0.4) is 0 Å². The molecule has 1 aliphatic rings. The molecule has 0 unspecified atom stereocenters. The van der Waals surface area contributed by atoms with Crippen LogP contribution < -0.4 is 4.90 Å². The maximum absolute atomic E-state index is 10.9. The van der Waals surface area contributed by atoms with Crippen LogP contribution in [0.5, 0.6) is 5.75 Å². The van der Waals surface area contributed by atoms with E-state index in [1.165, 1.54) is 4.90 Å². The Labute approximate surface area is 163 Å². The number of hydrogen-bond acceptors (Lipinski definition) is 3. The second kappa shape index (κ2) is 7.83. The molecule has 0 radical (unpaired) electrons. The van der Waals surface area contributed by atoms with Gasteiger partial charge in [0.2, 0.25) is 0 Å². The molecule has 1 saturated heterocycles. The molecule has 1 fully saturated rings. The first kappa shape index (κ1) is 21.1. The second-order valence-corrected chi connectivity index (χ2v) is 9.82. The van der Waals surface area contributed by atoms with E-state index < -0.39 is 0 Å². The lowest BCUT2D eigenvalue weighted by molar-refractivity contribution is -0.904. The van der Waals surface area contributed by atoms with Crippen LogP contribution in [0.25, 0.3) is 0 Å². The van der Waals surface area contributed by atoms with Crippen LogP contribution in [0.4, 0.5) is 0 Å². The minimum Gasteiger partial charge on any atom is -0.507 e. The van der Waals surface area contributed by atoms with E-state index in [9.17, 15) is 5.11 Å². The highest BCUT2D eigenvalue weighted by Gasteiger charge is 2.29. The first-order valence-electron chi connectivity index (χ1n) is 9.57. The van der Waals surface area contributed by atoms with Gasteiger partial charge in [-0.15, -0.1) is 0 Å². The topological polar surface area (TPSA) is 48.1 Å². The second-order valence-electron chi connectivity index (χ2n) is 9.44. The average molecular weight is 380 g/mol. The summed E-state index contributed by atoms with van der Waals surface area (Å²) < 4.78 is 0. The number of aliphatic hydroxyl groups excluding tert-OH is 1. The lowest BCUT2D eigenvalue weighted by atomic mass is 9.78. The van der Waals surface area contributed by atoms with E-state index >= 15 is 0 Å². The quantitative estimate of drug-likeness (QED) is 0.702. The maximum Gasteiger partial charge on any atom is 0.123 e. The van der Waals surface area contributed by atoms with E-state index in [1.807, 2.05) is 0 Å². The average Bonchev–Trinajstić information content (AvgIpc) is 2.53. The van der Waals surface area contributed by atoms with E-state index in [-0.39, 0.29) is 17.4 Å². The molecule has 2 rings (SSSR count). The molecule has 1 aromatic carbocycles. The monoisotopic (exact) mass is 379 g/mol. The normalized spacial score (nSPS) is 16.8. The minimum absolute atomic E-state index is 0.153. The van der Waals surface area contributed by atoms with Crippen molar-refractivity contribution < 1.29 is 15.1 Å². The number of nitrogens with zero attached hydrogens (tertiary/aromatic N) is 1. The van der Waals surface area contributed by atoms with E-state index in [4.69, 9.17) is 17.3 Å². The lowest BCUT2D eigenvalue weighted by Crippen LogP contribution is -3.15. The summed E-state index contributed by atoms with van der Waals surface area (Å²) in [4.78, 5) is 4.56. The molecule has 0 atom stereocenters. The third-order valence-electron chi connectivity index (χ3n) is 5.20. The number of aromatic hydroxyl groups is 1. The van der Waals surface area contributed by atoms with Gasteiger partial charge in [0.25, 0.3) is 0 Å². The van der Waals surface area contributed by atoms with Gasteiger partial charge in [-0.3, -0.25) is 0 Å². The van der Waals surface area contributed by atoms with E-state index in [2.05, 4.69) is 58.6 Å². The fourth-order valence-corrected chi connectivity index (χ4v) is 3.82. The fraction of sp³-hybridized carbons (Fsp3) is 0.667. The summed E-state index contributed by atoms with van der Waals surface area (Å²) in [6.45, 7) is 17.6. The van der Waals surface area contributed by atoms with E-state index in [0.29, 0.717) is 5.75 Å². The molecule has 1 aliphatic heterocycles. The number of nitrogens with one attached hydrogen (secondary N) is 1. The molecule has 0 aromatic heterocycles. The summed E-state index contributed by atoms with van der Waals surface area (Å²) in [6.07, 6.45) is 0. The van der Waals surface area contributed by atoms with E-state index in [0.717, 1.165) is 54.4 Å². The number of benzene rings is 1. The Morgan fingerprint density at radius 2 is 1.50 bits per heavy atom. The largest absolute Gasteiger partial charge is 0.507 e.